The summed E-state index contributed by atoms with van der Waals surface area (Å²) in [4.78, 5) is 21.6. The van der Waals surface area contributed by atoms with E-state index in [1.54, 1.807) is 0 Å². The van der Waals surface area contributed by atoms with Gasteiger partial charge in [0.15, 0.2) is 31.1 Å². The van der Waals surface area contributed by atoms with Crippen molar-refractivity contribution in [2.45, 2.75) is 14.7 Å². The van der Waals surface area contributed by atoms with E-state index in [-0.39, 0.29) is 27.6 Å². The van der Waals surface area contributed by atoms with Crippen LogP contribution in [0.15, 0.2) is 112 Å². The highest BCUT2D eigenvalue weighted by molar-refractivity contribution is 7.92. The van der Waals surface area contributed by atoms with E-state index >= 15 is 0 Å². The van der Waals surface area contributed by atoms with Crippen LogP contribution in [0.5, 0.6) is 11.5 Å². The monoisotopic (exact) mass is 980 g/mol. The van der Waals surface area contributed by atoms with Crippen LogP contribution in [0.3, 0.4) is 0 Å². The van der Waals surface area contributed by atoms with Crippen molar-refractivity contribution in [1.82, 2.24) is 0 Å². The van der Waals surface area contributed by atoms with Crippen LogP contribution in [-0.4, -0.2) is 108 Å². The summed E-state index contributed by atoms with van der Waals surface area (Å²) in [5.74, 6) is -5.60. The largest absolute Gasteiger partial charge is 0.505 e. The van der Waals surface area contributed by atoms with Gasteiger partial charge < -0.3 is 26.4 Å². The molecule has 4 aromatic carbocycles. The third-order valence-corrected chi connectivity index (χ3v) is 12.6. The minimum Gasteiger partial charge on any atom is -0.505 e. The molecule has 0 aliphatic rings. The van der Waals surface area contributed by atoms with Crippen LogP contribution in [0.4, 0.5) is 44.6 Å². The molecule has 0 bridgehead atoms. The summed E-state index contributed by atoms with van der Waals surface area (Å²) in [6, 6.07) is 9.12. The van der Waals surface area contributed by atoms with E-state index in [0.717, 1.165) is 54.6 Å². The van der Waals surface area contributed by atoms with Gasteiger partial charge in [0.1, 0.15) is 27.7 Å². The van der Waals surface area contributed by atoms with Crippen molar-refractivity contribution in [2.24, 2.45) is 36.4 Å². The first-order chi connectivity index (χ1) is 29.1. The molecule has 4 rings (SSSR count). The average molecular weight is 981 g/mol. The van der Waals surface area contributed by atoms with Gasteiger partial charge in [0, 0.05) is 0 Å². The normalized spacial score (nSPS) is 12.9. The van der Waals surface area contributed by atoms with Crippen LogP contribution in [0.2, 0.25) is 0 Å². The number of nitrogens with zero attached hydrogens (tertiary/aromatic N) is 6. The number of primary amides is 1. The van der Waals surface area contributed by atoms with E-state index in [4.69, 9.17) is 14.8 Å². The fraction of sp³-hybridized carbons (Fsp3) is 0.133. The van der Waals surface area contributed by atoms with E-state index in [2.05, 4.69) is 44.4 Å². The van der Waals surface area contributed by atoms with Gasteiger partial charge in [-0.05, 0) is 66.7 Å². The number of nitrogens with one attached hydrogen (secondary N) is 1. The predicted octanol–water partition coefficient (Wildman–Crippen LogP) is 3.97. The number of carboxylic acid groups (broad SMARTS) is 1. The van der Waals surface area contributed by atoms with Crippen LogP contribution >= 0.6 is 0 Å². The van der Waals surface area contributed by atoms with Gasteiger partial charge in [-0.1, -0.05) is 0 Å². The number of rotatable bonds is 19. The summed E-state index contributed by atoms with van der Waals surface area (Å²) in [7, 11) is -23.7. The first-order valence-corrected chi connectivity index (χ1v) is 23.7. The first kappa shape index (κ1) is 49.2. The number of sulfone groups is 2. The fourth-order valence-electron chi connectivity index (χ4n) is 4.66. The number of anilines is 1. The Hall–Kier alpha value is -6.43. The van der Waals surface area contributed by atoms with E-state index < -0.39 is 131 Å². The number of aromatic hydroxyl groups is 2. The molecule has 0 unspecified atom stereocenters. The molecule has 0 saturated heterocycles. The molecular weight excluding hydrogens is 953 g/mol. The lowest BCUT2D eigenvalue weighted by Gasteiger charge is -2.09. The van der Waals surface area contributed by atoms with Crippen molar-refractivity contribution >= 4 is 102 Å². The molecular formula is C30H28N8O20S5. The van der Waals surface area contributed by atoms with Gasteiger partial charge in [0.25, 0.3) is 10.1 Å². The summed E-state index contributed by atoms with van der Waals surface area (Å²) in [5.41, 5.74) is 1.45. The lowest BCUT2D eigenvalue weighted by Crippen LogP contribution is -2.19. The van der Waals surface area contributed by atoms with Crippen LogP contribution in [-0.2, 0) is 59.0 Å². The standard InChI is InChI=1S/C30H28N8O20S5/c31-30(43)32-23-13-17(3-7-21(23)35-36-22-8-6-19(14-25(22)61(48,49)50)60(46,47)12-10-58-63(54,55)56)34-38-27-24(39)15-20(29(41)42)26(28(27)40)37-33-16-1-4-18(5-2-16)59(44,45)11-9-57-62(51,52)53/h1-8,13-15,39-40H,9-12H2,(H,41,42)(H3,31,32,43)(H,48,49,50)(H,51,52,53)(H,54,55,56). The van der Waals surface area contributed by atoms with Gasteiger partial charge in [0.05, 0.1) is 57.1 Å². The summed E-state index contributed by atoms with van der Waals surface area (Å²) < 4.78 is 152. The summed E-state index contributed by atoms with van der Waals surface area (Å²) in [6.07, 6.45) is 0. The van der Waals surface area contributed by atoms with Crippen molar-refractivity contribution < 1.29 is 89.0 Å². The molecule has 0 aromatic heterocycles. The highest BCUT2D eigenvalue weighted by Crippen LogP contribution is 2.47. The quantitative estimate of drug-likeness (QED) is 0.0486. The Bertz CT molecular complexity index is 3130. The number of azo groups is 3. The lowest BCUT2D eigenvalue weighted by molar-refractivity contribution is 0.0696. The molecule has 0 aliphatic heterocycles. The van der Waals surface area contributed by atoms with Crippen LogP contribution in [0.25, 0.3) is 0 Å². The van der Waals surface area contributed by atoms with Crippen LogP contribution in [0, 0.1) is 0 Å². The summed E-state index contributed by atoms with van der Waals surface area (Å²) in [6.45, 7) is -1.95. The van der Waals surface area contributed by atoms with Gasteiger partial charge in [-0.3, -0.25) is 13.7 Å². The number of hydrogen-bond donors (Lipinski definition) is 8. The minimum absolute atomic E-state index is 0.0944. The number of urea groups is 1. The molecule has 0 saturated carbocycles. The van der Waals surface area contributed by atoms with E-state index in [1.165, 1.54) is 0 Å². The maximum Gasteiger partial charge on any atom is 0.397 e. The van der Waals surface area contributed by atoms with E-state index in [9.17, 15) is 71.6 Å². The minimum atomic E-state index is -5.21. The number of aromatic carboxylic acids is 1. The van der Waals surface area contributed by atoms with Crippen LogP contribution in [0.1, 0.15) is 10.4 Å². The fourth-order valence-corrected chi connectivity index (χ4v) is 8.38. The molecule has 0 radical (unpaired) electrons. The molecule has 9 N–H and O–H groups in total. The van der Waals surface area contributed by atoms with Gasteiger partial charge in [-0.15, -0.1) is 20.5 Å². The zero-order chi connectivity index (χ0) is 47.1. The molecule has 0 spiro atoms. The van der Waals surface area contributed by atoms with Gasteiger partial charge in [0.2, 0.25) is 0 Å². The van der Waals surface area contributed by atoms with Gasteiger partial charge >= 0.3 is 32.8 Å². The molecule has 2 amide bonds. The molecule has 63 heavy (non-hydrogen) atoms. The second kappa shape index (κ2) is 19.3. The maximum atomic E-state index is 12.6. The number of phenols is 2. The van der Waals surface area contributed by atoms with Crippen LogP contribution < -0.4 is 11.1 Å². The maximum absolute atomic E-state index is 12.6. The van der Waals surface area contributed by atoms with Gasteiger partial charge in [-0.2, -0.15) is 35.5 Å². The Morgan fingerprint density at radius 3 is 1.63 bits per heavy atom. The van der Waals surface area contributed by atoms with Crippen molar-refractivity contribution in [3.63, 3.8) is 0 Å². The smallest absolute Gasteiger partial charge is 0.397 e. The number of nitrogens with two attached hydrogens (primary N) is 1. The Labute approximate surface area is 355 Å². The lowest BCUT2D eigenvalue weighted by atomic mass is 10.1. The molecule has 338 valence electrons. The number of carbonyl (C=O) groups is 2. The first-order valence-electron chi connectivity index (χ1n) is 16.2. The number of carboxylic acids is 1. The topological polar surface area (TPSA) is 457 Å². The molecule has 0 fully saturated rings. The Morgan fingerprint density at radius 1 is 0.603 bits per heavy atom. The van der Waals surface area contributed by atoms with E-state index in [1.807, 2.05) is 0 Å². The SMILES string of the molecule is NC(=O)Nc1cc(N=Nc2c(O)cc(C(=O)O)c(N=Nc3ccc(S(=O)(=O)CCOS(=O)(=O)O)cc3)c2O)ccc1N=Nc1ccc(S(=O)(=O)CCOS(=O)(=O)O)cc1S(=O)(=O)O. The molecule has 4 aromatic rings. The van der Waals surface area contributed by atoms with Gasteiger partial charge in [-0.25, -0.2) is 34.8 Å². The number of hydrogen-bond acceptors (Lipinski definition) is 22. The highest BCUT2D eigenvalue weighted by atomic mass is 32.3. The average Bonchev–Trinajstić information content (AvgIpc) is 3.15. The summed E-state index contributed by atoms with van der Waals surface area (Å²) >= 11 is 0. The van der Waals surface area contributed by atoms with Crippen molar-refractivity contribution in [3.8, 4) is 11.5 Å². The second-order valence-corrected chi connectivity index (χ2v) is 19.6. The van der Waals surface area contributed by atoms with Crippen molar-refractivity contribution in [2.75, 3.05) is 30.0 Å². The molecule has 28 nitrogen and oxygen atoms in total. The van der Waals surface area contributed by atoms with Crippen molar-refractivity contribution in [1.29, 1.82) is 0 Å². The number of amides is 2. The predicted molar refractivity (Wildman–Crippen MR) is 211 cm³/mol. The third-order valence-electron chi connectivity index (χ3n) is 7.43. The number of phenolic OH excluding ortho intramolecular Hbond substituents is 2. The molecule has 0 heterocycles. The Kier molecular flexibility index (Phi) is 15.1. The number of carbonyl (C=O) groups excluding carboxylic acids is 1. The molecule has 33 heteroatoms. The zero-order valence-electron chi connectivity index (χ0n) is 30.9. The highest BCUT2D eigenvalue weighted by Gasteiger charge is 2.25. The third kappa shape index (κ3) is 14.0. The van der Waals surface area contributed by atoms with E-state index in [0.29, 0.717) is 12.1 Å². The Morgan fingerprint density at radius 2 is 1.10 bits per heavy atom. The zero-order valence-corrected chi connectivity index (χ0v) is 35.0. The second-order valence-electron chi connectivity index (χ2n) is 11.8. The summed E-state index contributed by atoms with van der Waals surface area (Å²) in [5, 5.41) is 55.8. The number of benzene rings is 4. The molecule has 0 aliphatic carbocycles. The Balaban J connectivity index is 1.65. The molecule has 0 atom stereocenters. The van der Waals surface area contributed by atoms with Crippen molar-refractivity contribution in [3.05, 3.63) is 72.3 Å².